The Morgan fingerprint density at radius 1 is 1.10 bits per heavy atom. The summed E-state index contributed by atoms with van der Waals surface area (Å²) in [7, 11) is 4.18. The molecular formula is C31H40F2N8O. The SMILES string of the molecule is CCC1(CCN(C)C)CN(Cc2ccc(Nc3ncc(F)c(-c4cc(F)c5nc(C)n(C(C)C)c5c4)n3)nc2)CCO1. The molecule has 4 heterocycles. The van der Waals surface area contributed by atoms with Gasteiger partial charge in [0.1, 0.15) is 22.9 Å². The number of ether oxygens (including phenoxy) is 1. The summed E-state index contributed by atoms with van der Waals surface area (Å²) >= 11 is 0. The van der Waals surface area contributed by atoms with Gasteiger partial charge >= 0.3 is 0 Å². The minimum Gasteiger partial charge on any atom is -0.372 e. The second-order valence-corrected chi connectivity index (χ2v) is 11.7. The summed E-state index contributed by atoms with van der Waals surface area (Å²) in [6.07, 6.45) is 4.88. The smallest absolute Gasteiger partial charge is 0.229 e. The molecule has 1 aliphatic heterocycles. The first kappa shape index (κ1) is 29.9. The molecule has 5 rings (SSSR count). The second-order valence-electron chi connectivity index (χ2n) is 11.7. The molecule has 0 radical (unpaired) electrons. The highest BCUT2D eigenvalue weighted by Crippen LogP contribution is 2.31. The first-order chi connectivity index (χ1) is 20.1. The molecule has 1 aromatic carbocycles. The summed E-state index contributed by atoms with van der Waals surface area (Å²) in [6, 6.07) is 6.92. The van der Waals surface area contributed by atoms with E-state index in [0.717, 1.165) is 57.4 Å². The van der Waals surface area contributed by atoms with E-state index in [1.54, 1.807) is 6.07 Å². The van der Waals surface area contributed by atoms with E-state index in [9.17, 15) is 4.39 Å². The van der Waals surface area contributed by atoms with E-state index in [-0.39, 0.29) is 28.8 Å². The van der Waals surface area contributed by atoms with Crippen LogP contribution in [0, 0.1) is 18.6 Å². The Morgan fingerprint density at radius 2 is 1.90 bits per heavy atom. The van der Waals surface area contributed by atoms with E-state index in [1.165, 1.54) is 6.07 Å². The first-order valence-corrected chi connectivity index (χ1v) is 14.5. The number of nitrogens with zero attached hydrogens (tertiary/aromatic N) is 7. The van der Waals surface area contributed by atoms with Crippen molar-refractivity contribution in [3.63, 3.8) is 0 Å². The number of rotatable bonds is 10. The molecule has 9 nitrogen and oxygen atoms in total. The fourth-order valence-electron chi connectivity index (χ4n) is 5.68. The van der Waals surface area contributed by atoms with E-state index in [4.69, 9.17) is 4.74 Å². The molecule has 42 heavy (non-hydrogen) atoms. The molecular weight excluding hydrogens is 538 g/mol. The minimum atomic E-state index is -0.644. The van der Waals surface area contributed by atoms with E-state index in [1.807, 2.05) is 43.7 Å². The van der Waals surface area contributed by atoms with Crippen LogP contribution >= 0.6 is 0 Å². The number of aryl methyl sites for hydroxylation is 1. The molecule has 0 amide bonds. The van der Waals surface area contributed by atoms with E-state index in [2.05, 4.69) is 56.1 Å². The Labute approximate surface area is 246 Å². The van der Waals surface area contributed by atoms with Gasteiger partial charge in [0.05, 0.1) is 23.9 Å². The topological polar surface area (TPSA) is 84.2 Å². The van der Waals surface area contributed by atoms with Crippen molar-refractivity contribution in [2.24, 2.45) is 0 Å². The number of fused-ring (bicyclic) bond motifs is 1. The van der Waals surface area contributed by atoms with Crippen LogP contribution in [0.1, 0.15) is 51.0 Å². The quantitative estimate of drug-likeness (QED) is 0.255. The van der Waals surface area contributed by atoms with Gasteiger partial charge in [0.25, 0.3) is 0 Å². The average Bonchev–Trinajstić information content (AvgIpc) is 3.31. The number of aromatic nitrogens is 5. The minimum absolute atomic E-state index is 0.0000658. The van der Waals surface area contributed by atoms with Gasteiger partial charge in [0, 0.05) is 44.0 Å². The van der Waals surface area contributed by atoms with E-state index in [0.29, 0.717) is 22.7 Å². The number of imidazole rings is 1. The molecule has 3 aromatic heterocycles. The zero-order valence-electron chi connectivity index (χ0n) is 25.3. The van der Waals surface area contributed by atoms with Crippen LogP contribution in [-0.2, 0) is 11.3 Å². The molecule has 224 valence electrons. The summed E-state index contributed by atoms with van der Waals surface area (Å²) in [5.74, 6) is 0.224. The van der Waals surface area contributed by atoms with Crippen molar-refractivity contribution in [3.05, 3.63) is 59.7 Å². The van der Waals surface area contributed by atoms with E-state index >= 15 is 4.39 Å². The number of nitrogens with one attached hydrogen (secondary N) is 1. The van der Waals surface area contributed by atoms with Crippen LogP contribution in [0.4, 0.5) is 20.5 Å². The Morgan fingerprint density at radius 3 is 2.60 bits per heavy atom. The van der Waals surface area contributed by atoms with Gasteiger partial charge in [-0.1, -0.05) is 13.0 Å². The molecule has 1 fully saturated rings. The highest BCUT2D eigenvalue weighted by Gasteiger charge is 2.34. The van der Waals surface area contributed by atoms with E-state index < -0.39 is 11.6 Å². The molecule has 4 aromatic rings. The fraction of sp³-hybridized carbons (Fsp3) is 0.484. The number of morpholine rings is 1. The monoisotopic (exact) mass is 578 g/mol. The van der Waals surface area contributed by atoms with Crippen LogP contribution < -0.4 is 5.32 Å². The van der Waals surface area contributed by atoms with Gasteiger partial charge in [-0.2, -0.15) is 0 Å². The normalized spacial score (nSPS) is 18.0. The summed E-state index contributed by atoms with van der Waals surface area (Å²) in [4.78, 5) is 22.0. The maximum Gasteiger partial charge on any atom is 0.229 e. The van der Waals surface area contributed by atoms with Gasteiger partial charge in [-0.3, -0.25) is 4.90 Å². The maximum absolute atomic E-state index is 15.0. The molecule has 0 saturated carbocycles. The van der Waals surface area contributed by atoms with Crippen LogP contribution in [0.3, 0.4) is 0 Å². The number of hydrogen-bond acceptors (Lipinski definition) is 8. The van der Waals surface area contributed by atoms with Crippen molar-refractivity contribution in [2.75, 3.05) is 45.7 Å². The number of halogens is 2. The predicted octanol–water partition coefficient (Wildman–Crippen LogP) is 5.73. The van der Waals surface area contributed by atoms with Gasteiger partial charge in [0.15, 0.2) is 11.6 Å². The Kier molecular flexibility index (Phi) is 8.81. The van der Waals surface area contributed by atoms with Gasteiger partial charge in [-0.15, -0.1) is 0 Å². The molecule has 0 spiro atoms. The average molecular weight is 579 g/mol. The van der Waals surface area contributed by atoms with Crippen molar-refractivity contribution in [1.82, 2.24) is 34.3 Å². The van der Waals surface area contributed by atoms with Crippen molar-refractivity contribution < 1.29 is 13.5 Å². The molecule has 1 saturated heterocycles. The first-order valence-electron chi connectivity index (χ1n) is 14.5. The highest BCUT2D eigenvalue weighted by molar-refractivity contribution is 5.83. The van der Waals surface area contributed by atoms with Crippen molar-refractivity contribution in [3.8, 4) is 11.3 Å². The lowest BCUT2D eigenvalue weighted by atomic mass is 9.93. The van der Waals surface area contributed by atoms with Crippen molar-refractivity contribution in [2.45, 2.75) is 58.7 Å². The molecule has 0 bridgehead atoms. The fourth-order valence-corrected chi connectivity index (χ4v) is 5.68. The standard InChI is InChI=1S/C31H40F2N8O/c1-7-31(10-11-39(5)6)19-40(12-13-42-31)18-22-8-9-27(34-16-22)37-30-35-17-25(33)28(38-30)23-14-24(32)29-26(15-23)41(20(2)3)21(4)36-29/h8-9,14-17,20H,7,10-13,18-19H2,1-6H3,(H,34,35,37,38). The van der Waals surface area contributed by atoms with Crippen LogP contribution in [0.5, 0.6) is 0 Å². The molecule has 1 aliphatic rings. The molecule has 0 aliphatic carbocycles. The molecule has 11 heteroatoms. The van der Waals surface area contributed by atoms with Gasteiger partial charge < -0.3 is 19.5 Å². The van der Waals surface area contributed by atoms with Gasteiger partial charge in [-0.25, -0.2) is 28.7 Å². The Hall–Kier alpha value is -3.54. The second kappa shape index (κ2) is 12.4. The predicted molar refractivity (Wildman–Crippen MR) is 161 cm³/mol. The van der Waals surface area contributed by atoms with Crippen molar-refractivity contribution in [1.29, 1.82) is 0 Å². The van der Waals surface area contributed by atoms with Gasteiger partial charge in [-0.05, 0) is 71.5 Å². The number of hydrogen-bond donors (Lipinski definition) is 1. The van der Waals surface area contributed by atoms with Crippen LogP contribution in [0.25, 0.3) is 22.3 Å². The third kappa shape index (κ3) is 6.43. The number of pyridine rings is 1. The zero-order chi connectivity index (χ0) is 30.0. The maximum atomic E-state index is 15.0. The molecule has 1 N–H and O–H groups in total. The lowest BCUT2D eigenvalue weighted by Crippen LogP contribution is -2.52. The number of benzene rings is 1. The van der Waals surface area contributed by atoms with Gasteiger partial charge in [0.2, 0.25) is 5.95 Å². The molecule has 1 atom stereocenters. The Balaban J connectivity index is 1.31. The Bertz CT molecular complexity index is 1540. The largest absolute Gasteiger partial charge is 0.372 e. The lowest BCUT2D eigenvalue weighted by Gasteiger charge is -2.43. The van der Waals surface area contributed by atoms with Crippen LogP contribution in [-0.4, -0.2) is 80.2 Å². The third-order valence-corrected chi connectivity index (χ3v) is 7.92. The zero-order valence-corrected chi connectivity index (χ0v) is 25.3. The van der Waals surface area contributed by atoms with Crippen LogP contribution in [0.15, 0.2) is 36.7 Å². The number of anilines is 2. The van der Waals surface area contributed by atoms with Crippen molar-refractivity contribution >= 4 is 22.8 Å². The van der Waals surface area contributed by atoms with Crippen LogP contribution in [0.2, 0.25) is 0 Å². The summed E-state index contributed by atoms with van der Waals surface area (Å²) in [5.41, 5.74) is 2.12. The summed E-state index contributed by atoms with van der Waals surface area (Å²) in [5, 5.41) is 3.06. The summed E-state index contributed by atoms with van der Waals surface area (Å²) < 4.78 is 38.1. The molecule has 1 unspecified atom stereocenters. The summed E-state index contributed by atoms with van der Waals surface area (Å²) in [6.45, 7) is 12.3. The lowest BCUT2D eigenvalue weighted by molar-refractivity contribution is -0.119. The highest BCUT2D eigenvalue weighted by atomic mass is 19.1. The third-order valence-electron chi connectivity index (χ3n) is 7.92.